The molecule has 2 aliphatic heterocycles. The van der Waals surface area contributed by atoms with E-state index >= 15 is 0 Å². The average molecular weight is 454 g/mol. The van der Waals surface area contributed by atoms with Crippen molar-refractivity contribution in [2.75, 3.05) is 37.6 Å². The number of amides is 2. The van der Waals surface area contributed by atoms with Gasteiger partial charge in [0, 0.05) is 39.1 Å². The largest absolute Gasteiger partial charge is 0.340 e. The van der Waals surface area contributed by atoms with Gasteiger partial charge in [-0.3, -0.25) is 9.59 Å². The Balaban J connectivity index is 1.39. The summed E-state index contributed by atoms with van der Waals surface area (Å²) in [5, 5.41) is 2.20. The van der Waals surface area contributed by atoms with Gasteiger partial charge in [-0.2, -0.15) is 4.31 Å². The van der Waals surface area contributed by atoms with Gasteiger partial charge in [-0.25, -0.2) is 8.42 Å². The van der Waals surface area contributed by atoms with Crippen LogP contribution in [0.5, 0.6) is 0 Å². The lowest BCUT2D eigenvalue weighted by molar-refractivity contribution is -0.136. The Kier molecular flexibility index (Phi) is 5.65. The van der Waals surface area contributed by atoms with Gasteiger partial charge >= 0.3 is 0 Å². The number of halogens is 1. The van der Waals surface area contributed by atoms with Gasteiger partial charge < -0.3 is 9.80 Å². The molecule has 4 rings (SSSR count). The Morgan fingerprint density at radius 3 is 2.45 bits per heavy atom. The maximum absolute atomic E-state index is 12.9. The monoisotopic (exact) mass is 453 g/mol. The first-order valence-electron chi connectivity index (χ1n) is 9.25. The fourth-order valence-corrected chi connectivity index (χ4v) is 6.53. The molecule has 154 valence electrons. The number of hydrogen-bond donors (Lipinski definition) is 0. The van der Waals surface area contributed by atoms with Crippen LogP contribution in [0.15, 0.2) is 46.0 Å². The minimum atomic E-state index is -3.51. The van der Waals surface area contributed by atoms with E-state index in [1.165, 1.54) is 15.6 Å². The molecule has 0 N–H and O–H groups in total. The number of benzene rings is 1. The number of anilines is 1. The highest BCUT2D eigenvalue weighted by Crippen LogP contribution is 2.32. The Morgan fingerprint density at radius 1 is 1.07 bits per heavy atom. The maximum Gasteiger partial charge on any atom is 0.252 e. The number of rotatable bonds is 4. The number of para-hydroxylation sites is 1. The van der Waals surface area contributed by atoms with E-state index in [2.05, 4.69) is 0 Å². The molecule has 0 radical (unpaired) electrons. The van der Waals surface area contributed by atoms with Crippen LogP contribution in [0.2, 0.25) is 5.02 Å². The molecule has 7 nitrogen and oxygen atoms in total. The molecular formula is C19H20ClN3O4S2. The van der Waals surface area contributed by atoms with Crippen molar-refractivity contribution in [3.05, 3.63) is 46.8 Å². The summed E-state index contributed by atoms with van der Waals surface area (Å²) in [4.78, 5) is 28.6. The molecule has 2 saturated heterocycles. The topological polar surface area (TPSA) is 78.0 Å². The summed E-state index contributed by atoms with van der Waals surface area (Å²) in [6.45, 7) is 1.43. The first-order valence-corrected chi connectivity index (χ1v) is 11.9. The van der Waals surface area contributed by atoms with E-state index in [-0.39, 0.29) is 37.9 Å². The first-order chi connectivity index (χ1) is 13.9. The Hall–Kier alpha value is -1.94. The van der Waals surface area contributed by atoms with E-state index < -0.39 is 15.9 Å². The smallest absolute Gasteiger partial charge is 0.252 e. The third kappa shape index (κ3) is 3.92. The average Bonchev–Trinajstić information content (AvgIpc) is 3.38. The second-order valence-electron chi connectivity index (χ2n) is 7.02. The standard InChI is InChI=1S/C19H20ClN3O4S2/c20-15-4-1-2-5-16(15)23-13-14(12-17(23)24)19(25)21-7-9-22(10-8-21)29(26,27)18-6-3-11-28-18/h1-6,11,14H,7-10,12-13H2. The van der Waals surface area contributed by atoms with Crippen LogP contribution in [-0.4, -0.2) is 62.2 Å². The molecule has 0 saturated carbocycles. The summed E-state index contributed by atoms with van der Waals surface area (Å²) in [6.07, 6.45) is 0.137. The molecule has 0 aliphatic carbocycles. The molecule has 2 aromatic rings. The molecule has 0 spiro atoms. The van der Waals surface area contributed by atoms with Crippen LogP contribution in [-0.2, 0) is 19.6 Å². The van der Waals surface area contributed by atoms with E-state index in [9.17, 15) is 18.0 Å². The second kappa shape index (κ2) is 8.06. The predicted octanol–water partition coefficient (Wildman–Crippen LogP) is 2.29. The van der Waals surface area contributed by atoms with Crippen LogP contribution in [0.3, 0.4) is 0 Å². The highest BCUT2D eigenvalue weighted by molar-refractivity contribution is 7.91. The van der Waals surface area contributed by atoms with Gasteiger partial charge in [-0.1, -0.05) is 29.8 Å². The van der Waals surface area contributed by atoms with Gasteiger partial charge in [0.05, 0.1) is 16.6 Å². The number of sulfonamides is 1. The number of carbonyl (C=O) groups excluding carboxylic acids is 2. The zero-order chi connectivity index (χ0) is 20.6. The van der Waals surface area contributed by atoms with Crippen LogP contribution in [0, 0.1) is 5.92 Å². The summed E-state index contributed by atoms with van der Waals surface area (Å²) in [5.41, 5.74) is 0.612. The highest BCUT2D eigenvalue weighted by Gasteiger charge is 2.39. The number of nitrogens with zero attached hydrogens (tertiary/aromatic N) is 3. The molecule has 1 aromatic carbocycles. The first kappa shape index (κ1) is 20.3. The van der Waals surface area contributed by atoms with Crippen molar-refractivity contribution in [1.29, 1.82) is 0 Å². The number of thiophene rings is 1. The van der Waals surface area contributed by atoms with Crippen molar-refractivity contribution in [2.24, 2.45) is 5.92 Å². The second-order valence-corrected chi connectivity index (χ2v) is 10.5. The summed E-state index contributed by atoms with van der Waals surface area (Å²) in [7, 11) is -3.51. The lowest BCUT2D eigenvalue weighted by Crippen LogP contribution is -2.52. The van der Waals surface area contributed by atoms with Gasteiger partial charge in [0.25, 0.3) is 10.0 Å². The lowest BCUT2D eigenvalue weighted by atomic mass is 10.1. The molecule has 29 heavy (non-hydrogen) atoms. The molecule has 1 aromatic heterocycles. The molecule has 1 unspecified atom stereocenters. The van der Waals surface area contributed by atoms with Crippen molar-refractivity contribution in [3.8, 4) is 0 Å². The fraction of sp³-hybridized carbons (Fsp3) is 0.368. The molecule has 3 heterocycles. The number of hydrogen-bond acceptors (Lipinski definition) is 5. The van der Waals surface area contributed by atoms with Gasteiger partial charge in [0.15, 0.2) is 0 Å². The molecule has 2 fully saturated rings. The quantitative estimate of drug-likeness (QED) is 0.711. The molecular weight excluding hydrogens is 434 g/mol. The Labute approximate surface area is 178 Å². The fourth-order valence-electron chi connectivity index (χ4n) is 3.72. The van der Waals surface area contributed by atoms with Crippen molar-refractivity contribution < 1.29 is 18.0 Å². The molecule has 10 heteroatoms. The van der Waals surface area contributed by atoms with Crippen LogP contribution < -0.4 is 4.90 Å². The highest BCUT2D eigenvalue weighted by atomic mass is 35.5. The molecule has 0 bridgehead atoms. The predicted molar refractivity (Wildman–Crippen MR) is 112 cm³/mol. The van der Waals surface area contributed by atoms with Crippen molar-refractivity contribution in [3.63, 3.8) is 0 Å². The minimum Gasteiger partial charge on any atom is -0.340 e. The molecule has 2 aliphatic rings. The Morgan fingerprint density at radius 2 is 1.79 bits per heavy atom. The van der Waals surface area contributed by atoms with Gasteiger partial charge in [0.1, 0.15) is 4.21 Å². The third-order valence-corrected chi connectivity index (χ3v) is 8.85. The van der Waals surface area contributed by atoms with Gasteiger partial charge in [-0.15, -0.1) is 11.3 Å². The third-order valence-electron chi connectivity index (χ3n) is 5.26. The van der Waals surface area contributed by atoms with E-state index in [1.807, 2.05) is 0 Å². The van der Waals surface area contributed by atoms with E-state index in [0.29, 0.717) is 28.0 Å². The van der Waals surface area contributed by atoms with E-state index in [0.717, 1.165) is 0 Å². The normalized spacial score (nSPS) is 21.0. The molecule has 2 amide bonds. The van der Waals surface area contributed by atoms with Gasteiger partial charge in [0.2, 0.25) is 11.8 Å². The number of piperazine rings is 1. The van der Waals surface area contributed by atoms with Crippen LogP contribution >= 0.6 is 22.9 Å². The van der Waals surface area contributed by atoms with Crippen LogP contribution in [0.4, 0.5) is 5.69 Å². The Bertz CT molecular complexity index is 1020. The summed E-state index contributed by atoms with van der Waals surface area (Å²) in [5.74, 6) is -0.685. The van der Waals surface area contributed by atoms with E-state index in [1.54, 1.807) is 51.6 Å². The van der Waals surface area contributed by atoms with Gasteiger partial charge in [-0.05, 0) is 23.6 Å². The summed E-state index contributed by atoms with van der Waals surface area (Å²) >= 11 is 7.38. The zero-order valence-corrected chi connectivity index (χ0v) is 17.9. The van der Waals surface area contributed by atoms with Crippen LogP contribution in [0.1, 0.15) is 6.42 Å². The zero-order valence-electron chi connectivity index (χ0n) is 15.5. The maximum atomic E-state index is 12.9. The van der Waals surface area contributed by atoms with Crippen molar-refractivity contribution in [2.45, 2.75) is 10.6 Å². The van der Waals surface area contributed by atoms with Crippen LogP contribution in [0.25, 0.3) is 0 Å². The summed E-state index contributed by atoms with van der Waals surface area (Å²) < 4.78 is 27.0. The minimum absolute atomic E-state index is 0.110. The van der Waals surface area contributed by atoms with Crippen molar-refractivity contribution >= 4 is 50.5 Å². The molecule has 1 atom stereocenters. The van der Waals surface area contributed by atoms with Crippen molar-refractivity contribution in [1.82, 2.24) is 9.21 Å². The SMILES string of the molecule is O=C(C1CC(=O)N(c2ccccc2Cl)C1)N1CCN(S(=O)(=O)c2cccs2)CC1. The summed E-state index contributed by atoms with van der Waals surface area (Å²) in [6, 6.07) is 10.4. The number of carbonyl (C=O) groups is 2. The lowest BCUT2D eigenvalue weighted by Gasteiger charge is -2.34. The van der Waals surface area contributed by atoms with E-state index in [4.69, 9.17) is 11.6 Å².